The van der Waals surface area contributed by atoms with Crippen LogP contribution in [0.3, 0.4) is 0 Å². The lowest BCUT2D eigenvalue weighted by molar-refractivity contribution is -0.116. The Balaban J connectivity index is 1.55. The van der Waals surface area contributed by atoms with Crippen molar-refractivity contribution in [3.8, 4) is 17.1 Å². The molecule has 1 heterocycles. The number of ether oxygens (including phenoxy) is 1. The SMILES string of the molecule is COc1ccc(-c2noc(CCC(=O)Nc3ccc(I)cc3)n2)cc1. The number of hydrogen-bond acceptors (Lipinski definition) is 5. The fourth-order valence-corrected chi connectivity index (χ4v) is 2.55. The lowest BCUT2D eigenvalue weighted by atomic mass is 10.2. The number of rotatable bonds is 6. The number of nitrogens with one attached hydrogen (secondary N) is 1. The molecule has 0 atom stereocenters. The van der Waals surface area contributed by atoms with Crippen molar-refractivity contribution < 1.29 is 14.1 Å². The minimum Gasteiger partial charge on any atom is -0.497 e. The first-order chi connectivity index (χ1) is 12.1. The number of anilines is 1. The molecule has 0 aliphatic rings. The number of nitrogens with zero attached hydrogens (tertiary/aromatic N) is 2. The number of amides is 1. The van der Waals surface area contributed by atoms with Gasteiger partial charge in [0.25, 0.3) is 0 Å². The van der Waals surface area contributed by atoms with Gasteiger partial charge in [-0.15, -0.1) is 0 Å². The van der Waals surface area contributed by atoms with Gasteiger partial charge in [-0.1, -0.05) is 5.16 Å². The molecular formula is C18H16IN3O3. The molecule has 1 N–H and O–H groups in total. The van der Waals surface area contributed by atoms with E-state index in [-0.39, 0.29) is 12.3 Å². The van der Waals surface area contributed by atoms with Crippen molar-refractivity contribution in [3.05, 3.63) is 58.0 Å². The summed E-state index contributed by atoms with van der Waals surface area (Å²) in [5.74, 6) is 1.60. The van der Waals surface area contributed by atoms with Crippen molar-refractivity contribution in [3.63, 3.8) is 0 Å². The number of halogens is 1. The highest BCUT2D eigenvalue weighted by Crippen LogP contribution is 2.20. The molecule has 128 valence electrons. The molecule has 0 aliphatic heterocycles. The number of benzene rings is 2. The maximum atomic E-state index is 12.0. The van der Waals surface area contributed by atoms with Gasteiger partial charge in [0.15, 0.2) is 0 Å². The first-order valence-electron chi connectivity index (χ1n) is 7.66. The van der Waals surface area contributed by atoms with E-state index in [1.54, 1.807) is 7.11 Å². The van der Waals surface area contributed by atoms with Crippen LogP contribution in [0.15, 0.2) is 53.1 Å². The van der Waals surface area contributed by atoms with Crippen molar-refractivity contribution in [2.75, 3.05) is 12.4 Å². The molecule has 25 heavy (non-hydrogen) atoms. The minimum atomic E-state index is -0.0922. The third kappa shape index (κ3) is 4.79. The van der Waals surface area contributed by atoms with Crippen LogP contribution in [0.1, 0.15) is 12.3 Å². The summed E-state index contributed by atoms with van der Waals surface area (Å²) in [6.45, 7) is 0. The molecule has 0 aliphatic carbocycles. The second-order valence-electron chi connectivity index (χ2n) is 5.30. The monoisotopic (exact) mass is 449 g/mol. The third-order valence-electron chi connectivity index (χ3n) is 3.51. The number of aromatic nitrogens is 2. The Morgan fingerprint density at radius 2 is 1.88 bits per heavy atom. The predicted octanol–water partition coefficient (Wildman–Crippen LogP) is 3.92. The highest BCUT2D eigenvalue weighted by atomic mass is 127. The van der Waals surface area contributed by atoms with Crippen LogP contribution in [0.2, 0.25) is 0 Å². The second kappa shape index (κ2) is 8.11. The molecule has 0 saturated carbocycles. The molecule has 2 aromatic carbocycles. The fraction of sp³-hybridized carbons (Fsp3) is 0.167. The van der Waals surface area contributed by atoms with Crippen molar-refractivity contribution in [2.45, 2.75) is 12.8 Å². The Bertz CT molecular complexity index is 845. The van der Waals surface area contributed by atoms with Gasteiger partial charge in [0.05, 0.1) is 7.11 Å². The van der Waals surface area contributed by atoms with E-state index in [0.29, 0.717) is 18.1 Å². The Morgan fingerprint density at radius 3 is 2.56 bits per heavy atom. The molecule has 0 fully saturated rings. The summed E-state index contributed by atoms with van der Waals surface area (Å²) in [4.78, 5) is 16.3. The summed E-state index contributed by atoms with van der Waals surface area (Å²) in [5.41, 5.74) is 1.61. The van der Waals surface area contributed by atoms with Gasteiger partial charge >= 0.3 is 0 Å². The van der Waals surface area contributed by atoms with Gasteiger partial charge in [-0.05, 0) is 71.1 Å². The van der Waals surface area contributed by atoms with Crippen LogP contribution in [0, 0.1) is 3.57 Å². The average Bonchev–Trinajstić information content (AvgIpc) is 3.11. The average molecular weight is 449 g/mol. The van der Waals surface area contributed by atoms with Gasteiger partial charge in [-0.3, -0.25) is 4.79 Å². The smallest absolute Gasteiger partial charge is 0.227 e. The molecule has 1 aromatic heterocycles. The molecule has 6 nitrogen and oxygen atoms in total. The molecule has 3 rings (SSSR count). The Hall–Kier alpha value is -2.42. The largest absolute Gasteiger partial charge is 0.497 e. The zero-order chi connectivity index (χ0) is 17.6. The number of methoxy groups -OCH3 is 1. The maximum absolute atomic E-state index is 12.0. The van der Waals surface area contributed by atoms with E-state index in [2.05, 4.69) is 38.0 Å². The van der Waals surface area contributed by atoms with Gasteiger partial charge < -0.3 is 14.6 Å². The number of hydrogen-bond donors (Lipinski definition) is 1. The highest BCUT2D eigenvalue weighted by molar-refractivity contribution is 14.1. The maximum Gasteiger partial charge on any atom is 0.227 e. The molecule has 7 heteroatoms. The zero-order valence-electron chi connectivity index (χ0n) is 13.5. The fourth-order valence-electron chi connectivity index (χ4n) is 2.19. The zero-order valence-corrected chi connectivity index (χ0v) is 15.7. The summed E-state index contributed by atoms with van der Waals surface area (Å²) >= 11 is 2.22. The van der Waals surface area contributed by atoms with Gasteiger partial charge in [-0.25, -0.2) is 0 Å². The van der Waals surface area contributed by atoms with Gasteiger partial charge in [-0.2, -0.15) is 4.98 Å². The lowest BCUT2D eigenvalue weighted by Crippen LogP contribution is -2.12. The molecule has 3 aromatic rings. The van der Waals surface area contributed by atoms with Crippen molar-refractivity contribution in [1.82, 2.24) is 10.1 Å². The first kappa shape index (κ1) is 17.4. The van der Waals surface area contributed by atoms with Crippen LogP contribution >= 0.6 is 22.6 Å². The van der Waals surface area contributed by atoms with Crippen LogP contribution in [0.25, 0.3) is 11.4 Å². The Morgan fingerprint density at radius 1 is 1.16 bits per heavy atom. The molecule has 0 radical (unpaired) electrons. The van der Waals surface area contributed by atoms with E-state index in [4.69, 9.17) is 9.26 Å². The van der Waals surface area contributed by atoms with E-state index in [9.17, 15) is 4.79 Å². The number of aryl methyl sites for hydroxylation is 1. The summed E-state index contributed by atoms with van der Waals surface area (Å²) in [7, 11) is 1.61. The van der Waals surface area contributed by atoms with Crippen LogP contribution in [-0.4, -0.2) is 23.2 Å². The highest BCUT2D eigenvalue weighted by Gasteiger charge is 2.11. The standard InChI is InChI=1S/C18H16IN3O3/c1-24-15-8-2-12(3-9-15)18-21-17(25-22-18)11-10-16(23)20-14-6-4-13(19)5-7-14/h2-9H,10-11H2,1H3,(H,20,23). The number of carbonyl (C=O) groups is 1. The van der Waals surface area contributed by atoms with Gasteiger partial charge in [0.2, 0.25) is 17.6 Å². The topological polar surface area (TPSA) is 77.2 Å². The van der Waals surface area contributed by atoms with Crippen LogP contribution in [-0.2, 0) is 11.2 Å². The number of carbonyl (C=O) groups excluding carboxylic acids is 1. The van der Waals surface area contributed by atoms with Crippen molar-refractivity contribution in [1.29, 1.82) is 0 Å². The van der Waals surface area contributed by atoms with Gasteiger partial charge in [0, 0.05) is 27.7 Å². The van der Waals surface area contributed by atoms with E-state index in [0.717, 1.165) is 20.6 Å². The molecular weight excluding hydrogens is 433 g/mol. The van der Waals surface area contributed by atoms with E-state index in [1.165, 1.54) is 0 Å². The van der Waals surface area contributed by atoms with Crippen LogP contribution in [0.4, 0.5) is 5.69 Å². The quantitative estimate of drug-likeness (QED) is 0.578. The normalized spacial score (nSPS) is 10.5. The molecule has 0 spiro atoms. The third-order valence-corrected chi connectivity index (χ3v) is 4.23. The second-order valence-corrected chi connectivity index (χ2v) is 6.54. The Labute approximate surface area is 158 Å². The van der Waals surface area contributed by atoms with E-state index >= 15 is 0 Å². The van der Waals surface area contributed by atoms with Crippen LogP contribution < -0.4 is 10.1 Å². The van der Waals surface area contributed by atoms with Crippen LogP contribution in [0.5, 0.6) is 5.75 Å². The molecule has 1 amide bonds. The Kier molecular flexibility index (Phi) is 5.64. The summed E-state index contributed by atoms with van der Waals surface area (Å²) < 4.78 is 11.5. The molecule has 0 unspecified atom stereocenters. The summed E-state index contributed by atoms with van der Waals surface area (Å²) in [6, 6.07) is 15.0. The van der Waals surface area contributed by atoms with Crippen molar-refractivity contribution in [2.24, 2.45) is 0 Å². The summed E-state index contributed by atoms with van der Waals surface area (Å²) in [5, 5.41) is 6.80. The van der Waals surface area contributed by atoms with E-state index in [1.807, 2.05) is 48.5 Å². The first-order valence-corrected chi connectivity index (χ1v) is 8.74. The minimum absolute atomic E-state index is 0.0922. The molecule has 0 bridgehead atoms. The van der Waals surface area contributed by atoms with Crippen molar-refractivity contribution >= 4 is 34.2 Å². The predicted molar refractivity (Wildman–Crippen MR) is 102 cm³/mol. The lowest BCUT2D eigenvalue weighted by Gasteiger charge is -2.03. The van der Waals surface area contributed by atoms with E-state index < -0.39 is 0 Å². The molecule has 0 saturated heterocycles. The summed E-state index contributed by atoms with van der Waals surface area (Å²) in [6.07, 6.45) is 0.662. The van der Waals surface area contributed by atoms with Gasteiger partial charge in [0.1, 0.15) is 5.75 Å².